The first-order valence-electron chi connectivity index (χ1n) is 7.49. The van der Waals surface area contributed by atoms with Crippen LogP contribution in [0.2, 0.25) is 0 Å². The number of carbonyl (C=O) groups is 2. The molecule has 2 N–H and O–H groups in total. The second-order valence-corrected chi connectivity index (χ2v) is 5.91. The number of rotatable bonds is 5. The van der Waals surface area contributed by atoms with Gasteiger partial charge in [0.1, 0.15) is 6.54 Å². The predicted molar refractivity (Wildman–Crippen MR) is 83.5 cm³/mol. The van der Waals surface area contributed by atoms with Gasteiger partial charge >= 0.3 is 5.97 Å². The minimum atomic E-state index is -1.10. The van der Waals surface area contributed by atoms with Crippen molar-refractivity contribution in [2.45, 2.75) is 39.2 Å². The van der Waals surface area contributed by atoms with Crippen LogP contribution >= 0.6 is 0 Å². The molecule has 7 heteroatoms. The van der Waals surface area contributed by atoms with E-state index in [1.807, 2.05) is 32.0 Å². The maximum Gasteiger partial charge on any atom is 0.358 e. The number of carboxylic acid groups (broad SMARTS) is 1. The number of carbonyl (C=O) groups excluding carboxylic acids is 1. The lowest BCUT2D eigenvalue weighted by molar-refractivity contribution is -0.117. The van der Waals surface area contributed by atoms with Crippen molar-refractivity contribution in [2.75, 3.05) is 5.32 Å². The zero-order valence-electron chi connectivity index (χ0n) is 13.0. The lowest BCUT2D eigenvalue weighted by atomic mass is 10.1. The van der Waals surface area contributed by atoms with E-state index in [0.29, 0.717) is 11.4 Å². The van der Waals surface area contributed by atoms with E-state index in [-0.39, 0.29) is 24.1 Å². The van der Waals surface area contributed by atoms with Crippen molar-refractivity contribution in [1.82, 2.24) is 15.0 Å². The molecule has 0 bridgehead atoms. The normalized spacial score (nSPS) is 13.8. The number of hydrogen-bond donors (Lipinski definition) is 2. The molecule has 0 atom stereocenters. The number of aromatic carboxylic acids is 1. The van der Waals surface area contributed by atoms with E-state index in [2.05, 4.69) is 15.6 Å². The molecule has 1 heterocycles. The average molecular weight is 314 g/mol. The number of anilines is 1. The van der Waals surface area contributed by atoms with Gasteiger partial charge < -0.3 is 10.4 Å². The number of aromatic nitrogens is 3. The fourth-order valence-electron chi connectivity index (χ4n) is 2.51. The van der Waals surface area contributed by atoms with Crippen molar-refractivity contribution in [2.24, 2.45) is 0 Å². The monoisotopic (exact) mass is 314 g/mol. The highest BCUT2D eigenvalue weighted by Crippen LogP contribution is 2.41. The summed E-state index contributed by atoms with van der Waals surface area (Å²) in [6.07, 6.45) is 1.82. The van der Waals surface area contributed by atoms with Gasteiger partial charge in [0.2, 0.25) is 5.91 Å². The highest BCUT2D eigenvalue weighted by molar-refractivity contribution is 5.91. The third-order valence-corrected chi connectivity index (χ3v) is 4.02. The Hall–Kier alpha value is -2.70. The second kappa shape index (κ2) is 5.83. The van der Waals surface area contributed by atoms with Crippen molar-refractivity contribution >= 4 is 17.6 Å². The minimum absolute atomic E-state index is 0.0426. The summed E-state index contributed by atoms with van der Waals surface area (Å²) in [5, 5.41) is 19.5. The number of hydrogen-bond acceptors (Lipinski definition) is 4. The molecule has 1 aromatic carbocycles. The van der Waals surface area contributed by atoms with Gasteiger partial charge in [0, 0.05) is 11.6 Å². The summed E-state index contributed by atoms with van der Waals surface area (Å²) in [6, 6.07) is 5.68. The van der Waals surface area contributed by atoms with Gasteiger partial charge in [-0.05, 0) is 49.9 Å². The molecule has 0 saturated heterocycles. The molecule has 3 rings (SSSR count). The Morgan fingerprint density at radius 2 is 2.04 bits per heavy atom. The number of benzene rings is 1. The molecule has 120 valence electrons. The molecule has 1 aliphatic rings. The first kappa shape index (κ1) is 15.2. The van der Waals surface area contributed by atoms with Crippen LogP contribution < -0.4 is 5.32 Å². The molecule has 7 nitrogen and oxygen atoms in total. The van der Waals surface area contributed by atoms with E-state index >= 15 is 0 Å². The summed E-state index contributed by atoms with van der Waals surface area (Å²) >= 11 is 0. The number of carboxylic acids is 1. The lowest BCUT2D eigenvalue weighted by Gasteiger charge is -2.09. The Bertz CT molecular complexity index is 778. The first-order valence-corrected chi connectivity index (χ1v) is 7.49. The van der Waals surface area contributed by atoms with E-state index in [1.54, 1.807) is 0 Å². The van der Waals surface area contributed by atoms with Gasteiger partial charge in [0.25, 0.3) is 0 Å². The van der Waals surface area contributed by atoms with Crippen molar-refractivity contribution in [1.29, 1.82) is 0 Å². The second-order valence-electron chi connectivity index (χ2n) is 5.91. The van der Waals surface area contributed by atoms with Gasteiger partial charge in [-0.1, -0.05) is 11.3 Å². The maximum atomic E-state index is 12.2. The molecule has 0 radical (unpaired) electrons. The highest BCUT2D eigenvalue weighted by atomic mass is 16.4. The Morgan fingerprint density at radius 3 is 2.65 bits per heavy atom. The Kier molecular flexibility index (Phi) is 3.85. The fourth-order valence-corrected chi connectivity index (χ4v) is 2.51. The first-order chi connectivity index (χ1) is 11.0. The molecule has 0 spiro atoms. The van der Waals surface area contributed by atoms with Crippen LogP contribution in [0.1, 0.15) is 46.1 Å². The number of nitrogens with one attached hydrogen (secondary N) is 1. The van der Waals surface area contributed by atoms with Crippen LogP contribution in [0.15, 0.2) is 18.2 Å². The van der Waals surface area contributed by atoms with Crippen LogP contribution in [0.5, 0.6) is 0 Å². The topological polar surface area (TPSA) is 97.1 Å². The predicted octanol–water partition coefficient (Wildman–Crippen LogP) is 2.11. The van der Waals surface area contributed by atoms with Gasteiger partial charge in [-0.3, -0.25) is 4.79 Å². The van der Waals surface area contributed by atoms with E-state index in [0.717, 1.165) is 24.0 Å². The molecule has 23 heavy (non-hydrogen) atoms. The largest absolute Gasteiger partial charge is 0.476 e. The Balaban J connectivity index is 1.75. The van der Waals surface area contributed by atoms with Crippen LogP contribution in [0.4, 0.5) is 5.69 Å². The number of aryl methyl sites for hydroxylation is 2. The fraction of sp³-hybridized carbons (Fsp3) is 0.375. The summed E-state index contributed by atoms with van der Waals surface area (Å²) in [5.41, 5.74) is 3.46. The van der Waals surface area contributed by atoms with E-state index in [4.69, 9.17) is 5.11 Å². The number of nitrogens with zero attached hydrogens (tertiary/aromatic N) is 3. The van der Waals surface area contributed by atoms with Crippen molar-refractivity contribution in [3.63, 3.8) is 0 Å². The SMILES string of the molecule is Cc1ccc(NC(=O)Cn2nnc(C(=O)O)c2C2CC2)cc1C. The minimum Gasteiger partial charge on any atom is -0.476 e. The van der Waals surface area contributed by atoms with Gasteiger partial charge in [-0.15, -0.1) is 5.10 Å². The molecular weight excluding hydrogens is 296 g/mol. The van der Waals surface area contributed by atoms with Crippen molar-refractivity contribution in [3.05, 3.63) is 40.7 Å². The standard InChI is InChI=1S/C16H18N4O3/c1-9-3-6-12(7-10(9)2)17-13(21)8-20-15(11-4-5-11)14(16(22)23)18-19-20/h3,6-7,11H,4-5,8H2,1-2H3,(H,17,21)(H,22,23). The zero-order valence-corrected chi connectivity index (χ0v) is 13.0. The molecular formula is C16H18N4O3. The number of amides is 1. The third kappa shape index (κ3) is 3.23. The van der Waals surface area contributed by atoms with Gasteiger partial charge in [0.05, 0.1) is 5.69 Å². The van der Waals surface area contributed by atoms with Gasteiger partial charge in [-0.25, -0.2) is 9.48 Å². The Labute approximate surface area is 133 Å². The summed E-state index contributed by atoms with van der Waals surface area (Å²) < 4.78 is 1.40. The third-order valence-electron chi connectivity index (χ3n) is 4.02. The maximum absolute atomic E-state index is 12.2. The Morgan fingerprint density at radius 1 is 1.30 bits per heavy atom. The van der Waals surface area contributed by atoms with Crippen LogP contribution in [-0.4, -0.2) is 32.0 Å². The molecule has 0 unspecified atom stereocenters. The molecule has 1 amide bonds. The average Bonchev–Trinajstić information content (AvgIpc) is 3.24. The van der Waals surface area contributed by atoms with Crippen molar-refractivity contribution in [3.8, 4) is 0 Å². The quantitative estimate of drug-likeness (QED) is 0.881. The van der Waals surface area contributed by atoms with Crippen LogP contribution in [0.25, 0.3) is 0 Å². The molecule has 1 aliphatic carbocycles. The molecule has 1 aromatic heterocycles. The molecule has 0 aliphatic heterocycles. The summed E-state index contributed by atoms with van der Waals surface area (Å²) in [4.78, 5) is 23.4. The summed E-state index contributed by atoms with van der Waals surface area (Å²) in [5.74, 6) is -1.21. The van der Waals surface area contributed by atoms with E-state index in [1.165, 1.54) is 4.68 Å². The summed E-state index contributed by atoms with van der Waals surface area (Å²) in [7, 11) is 0. The van der Waals surface area contributed by atoms with E-state index in [9.17, 15) is 9.59 Å². The molecule has 1 saturated carbocycles. The van der Waals surface area contributed by atoms with Crippen molar-refractivity contribution < 1.29 is 14.7 Å². The van der Waals surface area contributed by atoms with Crippen LogP contribution in [0, 0.1) is 13.8 Å². The zero-order chi connectivity index (χ0) is 16.6. The molecule has 2 aromatic rings. The van der Waals surface area contributed by atoms with Crippen LogP contribution in [-0.2, 0) is 11.3 Å². The highest BCUT2D eigenvalue weighted by Gasteiger charge is 2.34. The lowest BCUT2D eigenvalue weighted by Crippen LogP contribution is -2.21. The van der Waals surface area contributed by atoms with Gasteiger partial charge in [0.15, 0.2) is 5.69 Å². The van der Waals surface area contributed by atoms with Crippen LogP contribution in [0.3, 0.4) is 0 Å². The van der Waals surface area contributed by atoms with Gasteiger partial charge in [-0.2, -0.15) is 0 Å². The molecule has 1 fully saturated rings. The smallest absolute Gasteiger partial charge is 0.358 e. The van der Waals surface area contributed by atoms with E-state index < -0.39 is 5.97 Å². The summed E-state index contributed by atoms with van der Waals surface area (Å²) in [6.45, 7) is 3.94.